The Bertz CT molecular complexity index is 1840. The number of rotatable bonds is 2. The van der Waals surface area contributed by atoms with Crippen molar-refractivity contribution in [3.63, 3.8) is 0 Å². The first-order valence-corrected chi connectivity index (χ1v) is 12.9. The van der Waals surface area contributed by atoms with E-state index in [1.807, 2.05) is 0 Å². The van der Waals surface area contributed by atoms with Crippen LogP contribution in [0.2, 0.25) is 0 Å². The summed E-state index contributed by atoms with van der Waals surface area (Å²) in [6.45, 7) is 17.3. The molecule has 3 aromatic heterocycles. The maximum absolute atomic E-state index is 6.58. The molecule has 6 aromatic rings. The van der Waals surface area contributed by atoms with Crippen LogP contribution < -0.4 is 0 Å². The van der Waals surface area contributed by atoms with Gasteiger partial charge in [0.05, 0.1) is 22.3 Å². The highest BCUT2D eigenvalue weighted by Crippen LogP contribution is 2.40. The van der Waals surface area contributed by atoms with Gasteiger partial charge in [-0.25, -0.2) is 9.97 Å². The minimum atomic E-state index is -0.0582. The Morgan fingerprint density at radius 2 is 1.46 bits per heavy atom. The van der Waals surface area contributed by atoms with E-state index in [-0.39, 0.29) is 5.41 Å². The molecule has 4 heteroatoms. The largest absolute Gasteiger partial charge is 0.437 e. The van der Waals surface area contributed by atoms with E-state index >= 15 is 0 Å². The van der Waals surface area contributed by atoms with Crippen molar-refractivity contribution in [3.8, 4) is 17.1 Å². The van der Waals surface area contributed by atoms with Crippen LogP contribution in [0.5, 0.6) is 0 Å². The maximum Gasteiger partial charge on any atom is 0.227 e. The van der Waals surface area contributed by atoms with E-state index in [0.717, 1.165) is 44.5 Å². The van der Waals surface area contributed by atoms with Gasteiger partial charge in [-0.05, 0) is 87.2 Å². The average Bonchev–Trinajstić information content (AvgIpc) is 3.37. The van der Waals surface area contributed by atoms with Gasteiger partial charge < -0.3 is 4.42 Å². The fraction of sp³-hybridized carbons (Fsp3) is 0.273. The zero-order chi connectivity index (χ0) is 26.2. The Morgan fingerprint density at radius 3 is 2.16 bits per heavy atom. The van der Waals surface area contributed by atoms with Crippen molar-refractivity contribution in [1.29, 1.82) is 0 Å². The predicted molar refractivity (Wildman–Crippen MR) is 154 cm³/mol. The van der Waals surface area contributed by atoms with E-state index in [2.05, 4.69) is 115 Å². The molecule has 186 valence electrons. The van der Waals surface area contributed by atoms with Crippen LogP contribution in [0.4, 0.5) is 0 Å². The molecular formula is C33H33N3O. The molecule has 0 amide bonds. The fourth-order valence-corrected chi connectivity index (χ4v) is 5.64. The lowest BCUT2D eigenvalue weighted by molar-refractivity contribution is 0.562. The van der Waals surface area contributed by atoms with Gasteiger partial charge in [0.2, 0.25) is 5.71 Å². The lowest BCUT2D eigenvalue weighted by Gasteiger charge is -2.17. The predicted octanol–water partition coefficient (Wildman–Crippen LogP) is 8.83. The van der Waals surface area contributed by atoms with Gasteiger partial charge in [0.25, 0.3) is 0 Å². The zero-order valence-corrected chi connectivity index (χ0v) is 22.9. The van der Waals surface area contributed by atoms with E-state index in [9.17, 15) is 0 Å². The van der Waals surface area contributed by atoms with E-state index in [1.165, 1.54) is 33.5 Å². The van der Waals surface area contributed by atoms with Crippen molar-refractivity contribution in [2.75, 3.05) is 0 Å². The Hall–Kier alpha value is -3.92. The maximum atomic E-state index is 6.58. The Morgan fingerprint density at radius 1 is 0.730 bits per heavy atom. The number of nitrogens with zero attached hydrogens (tertiary/aromatic N) is 3. The summed E-state index contributed by atoms with van der Waals surface area (Å²) in [5, 5.41) is 2.15. The normalized spacial score (nSPS) is 12.3. The average molecular weight is 488 g/mol. The zero-order valence-electron chi connectivity index (χ0n) is 22.9. The summed E-state index contributed by atoms with van der Waals surface area (Å²) >= 11 is 0. The second-order valence-electron chi connectivity index (χ2n) is 11.5. The highest BCUT2D eigenvalue weighted by atomic mass is 16.3. The summed E-state index contributed by atoms with van der Waals surface area (Å²) in [7, 11) is 0. The minimum absolute atomic E-state index is 0.0582. The summed E-state index contributed by atoms with van der Waals surface area (Å²) in [6, 6.07) is 19.6. The smallest absolute Gasteiger partial charge is 0.227 e. The molecule has 6 rings (SSSR count). The lowest BCUT2D eigenvalue weighted by atomic mass is 9.91. The molecule has 0 atom stereocenters. The number of hydrogen-bond acceptors (Lipinski definition) is 3. The number of benzene rings is 3. The molecule has 0 aliphatic heterocycles. The molecule has 0 bridgehead atoms. The third-order valence-electron chi connectivity index (χ3n) is 7.37. The molecule has 0 saturated heterocycles. The van der Waals surface area contributed by atoms with E-state index in [1.54, 1.807) is 0 Å². The molecule has 0 N–H and O–H groups in total. The van der Waals surface area contributed by atoms with Gasteiger partial charge >= 0.3 is 0 Å². The number of aromatic nitrogens is 3. The third kappa shape index (κ3) is 3.66. The molecule has 0 unspecified atom stereocenters. The Labute approximate surface area is 218 Å². The topological polar surface area (TPSA) is 43.9 Å². The number of aryl methyl sites for hydroxylation is 5. The lowest BCUT2D eigenvalue weighted by Crippen LogP contribution is -2.12. The van der Waals surface area contributed by atoms with Gasteiger partial charge in [-0.1, -0.05) is 50.6 Å². The van der Waals surface area contributed by atoms with Crippen LogP contribution in [0.25, 0.3) is 50.2 Å². The van der Waals surface area contributed by atoms with Crippen LogP contribution in [0, 0.1) is 34.6 Å². The number of fused-ring (bicyclic) bond motifs is 4. The first-order chi connectivity index (χ1) is 17.5. The third-order valence-corrected chi connectivity index (χ3v) is 7.37. The number of furan rings is 1. The molecule has 0 saturated carbocycles. The quantitative estimate of drug-likeness (QED) is 0.245. The van der Waals surface area contributed by atoms with Gasteiger partial charge in [-0.2, -0.15) is 0 Å². The van der Waals surface area contributed by atoms with Crippen LogP contribution in [-0.4, -0.2) is 14.5 Å². The fourth-order valence-electron chi connectivity index (χ4n) is 5.64. The Kier molecular flexibility index (Phi) is 5.10. The number of imidazole rings is 1. The highest BCUT2D eigenvalue weighted by Gasteiger charge is 2.24. The van der Waals surface area contributed by atoms with Gasteiger partial charge in [-0.15, -0.1) is 0 Å². The van der Waals surface area contributed by atoms with Crippen LogP contribution in [0.15, 0.2) is 59.0 Å². The van der Waals surface area contributed by atoms with Crippen LogP contribution >= 0.6 is 0 Å². The number of pyridine rings is 1. The monoisotopic (exact) mass is 487 g/mol. The van der Waals surface area contributed by atoms with Crippen molar-refractivity contribution in [1.82, 2.24) is 14.5 Å². The Balaban J connectivity index is 1.73. The van der Waals surface area contributed by atoms with Gasteiger partial charge in [0.15, 0.2) is 0 Å². The van der Waals surface area contributed by atoms with Crippen LogP contribution in [0.1, 0.15) is 54.3 Å². The first-order valence-electron chi connectivity index (χ1n) is 12.9. The van der Waals surface area contributed by atoms with E-state index in [0.29, 0.717) is 5.71 Å². The van der Waals surface area contributed by atoms with Crippen molar-refractivity contribution in [2.45, 2.75) is 60.8 Å². The minimum Gasteiger partial charge on any atom is -0.437 e. The second-order valence-corrected chi connectivity index (χ2v) is 11.5. The number of hydrogen-bond donors (Lipinski definition) is 0. The second kappa shape index (κ2) is 8.04. The highest BCUT2D eigenvalue weighted by molar-refractivity contribution is 6.10. The van der Waals surface area contributed by atoms with Gasteiger partial charge in [0.1, 0.15) is 11.4 Å². The van der Waals surface area contributed by atoms with Crippen molar-refractivity contribution >= 4 is 33.1 Å². The van der Waals surface area contributed by atoms with Crippen LogP contribution in [-0.2, 0) is 5.41 Å². The van der Waals surface area contributed by atoms with Crippen molar-refractivity contribution in [3.05, 3.63) is 88.1 Å². The first kappa shape index (κ1) is 23.5. The molecule has 4 nitrogen and oxygen atoms in total. The van der Waals surface area contributed by atoms with E-state index in [4.69, 9.17) is 14.4 Å². The molecule has 0 radical (unpaired) electrons. The standard InChI is InChI=1S/C33H33N3O/c1-18-9-13-25-26(17-18)36(29-21(4)15-19(2)16-22(29)5)31(34-25)24-11-10-20(3)28-23-12-14-27(33(6,7)8)35-32(23)37-30(24)28/h9-17H,1-8H3. The van der Waals surface area contributed by atoms with Gasteiger partial charge in [-0.3, -0.25) is 4.57 Å². The molecule has 3 heterocycles. The molecular weight excluding hydrogens is 454 g/mol. The summed E-state index contributed by atoms with van der Waals surface area (Å²) in [5.74, 6) is 0.885. The van der Waals surface area contributed by atoms with E-state index < -0.39 is 0 Å². The summed E-state index contributed by atoms with van der Waals surface area (Å²) in [4.78, 5) is 10.1. The molecule has 3 aromatic carbocycles. The van der Waals surface area contributed by atoms with Crippen LogP contribution in [0.3, 0.4) is 0 Å². The molecule has 37 heavy (non-hydrogen) atoms. The molecule has 0 aliphatic carbocycles. The summed E-state index contributed by atoms with van der Waals surface area (Å²) in [5.41, 5.74) is 12.8. The van der Waals surface area contributed by atoms with Crippen molar-refractivity contribution in [2.24, 2.45) is 0 Å². The van der Waals surface area contributed by atoms with Gasteiger partial charge in [0, 0.05) is 21.9 Å². The molecule has 0 fully saturated rings. The molecule has 0 spiro atoms. The summed E-state index contributed by atoms with van der Waals surface area (Å²) < 4.78 is 8.90. The van der Waals surface area contributed by atoms with Crippen molar-refractivity contribution < 1.29 is 4.42 Å². The molecule has 0 aliphatic rings. The SMILES string of the molecule is Cc1cc(C)c(-n2c(-c3ccc(C)c4c3oc3nc(C(C)(C)C)ccc34)nc3ccc(C)cc32)c(C)c1. The summed E-state index contributed by atoms with van der Waals surface area (Å²) in [6.07, 6.45) is 0.